The number of benzene rings is 1. The summed E-state index contributed by atoms with van der Waals surface area (Å²) in [7, 11) is -3.39. The number of aromatic amines is 1. The number of pyridine rings is 1. The van der Waals surface area contributed by atoms with Crippen LogP contribution in [0.5, 0.6) is 0 Å². The number of nitrogens with zero attached hydrogens (tertiary/aromatic N) is 3. The van der Waals surface area contributed by atoms with Crippen molar-refractivity contribution in [1.82, 2.24) is 20.2 Å². The van der Waals surface area contributed by atoms with Crippen molar-refractivity contribution >= 4 is 21.7 Å². The Hall–Kier alpha value is -3.07. The van der Waals surface area contributed by atoms with Crippen LogP contribution in [0.4, 0.5) is 5.95 Å². The van der Waals surface area contributed by atoms with Crippen LogP contribution < -0.4 is 5.32 Å². The Kier molecular flexibility index (Phi) is 4.09. The lowest BCUT2D eigenvalue weighted by Gasteiger charge is -2.03. The fraction of sp³-hybridized carbons (Fsp3) is 0.0667. The van der Waals surface area contributed by atoms with Crippen LogP contribution in [0.15, 0.2) is 53.6 Å². The molecule has 0 spiro atoms. The maximum Gasteiger partial charge on any atom is 0.258 e. The van der Waals surface area contributed by atoms with Crippen LogP contribution in [0, 0.1) is 0 Å². The molecule has 0 saturated heterocycles. The first-order valence-corrected chi connectivity index (χ1v) is 8.78. The number of carbonyl (C=O) groups excluding carboxylic acids is 1. The molecule has 122 valence electrons. The van der Waals surface area contributed by atoms with E-state index in [0.29, 0.717) is 11.5 Å². The number of H-pyrrole nitrogens is 1. The zero-order valence-corrected chi connectivity index (χ0v) is 13.4. The Bertz CT molecular complexity index is 983. The number of carbonyl (C=O) groups is 1. The quantitative estimate of drug-likeness (QED) is 0.741. The maximum absolute atomic E-state index is 12.2. The third kappa shape index (κ3) is 3.46. The summed E-state index contributed by atoms with van der Waals surface area (Å²) in [6.45, 7) is 0. The highest BCUT2D eigenvalue weighted by atomic mass is 32.2. The van der Waals surface area contributed by atoms with Crippen LogP contribution in [0.25, 0.3) is 11.5 Å². The topological polar surface area (TPSA) is 118 Å². The zero-order chi connectivity index (χ0) is 17.2. The van der Waals surface area contributed by atoms with Crippen molar-refractivity contribution in [1.29, 1.82) is 0 Å². The second-order valence-electron chi connectivity index (χ2n) is 4.99. The van der Waals surface area contributed by atoms with Crippen LogP contribution in [-0.4, -0.2) is 40.7 Å². The molecule has 1 amide bonds. The highest BCUT2D eigenvalue weighted by Gasteiger charge is 2.14. The molecule has 2 heterocycles. The Labute approximate surface area is 137 Å². The van der Waals surface area contributed by atoms with Gasteiger partial charge in [0.15, 0.2) is 15.7 Å². The van der Waals surface area contributed by atoms with Gasteiger partial charge in [0.25, 0.3) is 5.91 Å². The van der Waals surface area contributed by atoms with Gasteiger partial charge in [-0.3, -0.25) is 15.1 Å². The summed E-state index contributed by atoms with van der Waals surface area (Å²) in [4.78, 5) is 19.3. The number of nitrogens with one attached hydrogen (secondary N) is 2. The van der Waals surface area contributed by atoms with E-state index < -0.39 is 15.7 Å². The third-order valence-electron chi connectivity index (χ3n) is 3.15. The van der Waals surface area contributed by atoms with E-state index in [1.165, 1.54) is 24.3 Å². The van der Waals surface area contributed by atoms with Gasteiger partial charge in [-0.15, -0.1) is 10.2 Å². The molecule has 0 bridgehead atoms. The lowest BCUT2D eigenvalue weighted by molar-refractivity contribution is 0.102. The standard InChI is InChI=1S/C15H13N5O3S/c1-24(22,23)11-6-4-5-10(9-11)14(21)18-15-17-13(19-20-15)12-7-2-3-8-16-12/h2-9H,1H3,(H2,17,18,19,20,21). The lowest BCUT2D eigenvalue weighted by Crippen LogP contribution is -2.13. The van der Waals surface area contributed by atoms with Crippen molar-refractivity contribution < 1.29 is 13.2 Å². The molecule has 2 aromatic heterocycles. The van der Waals surface area contributed by atoms with Crippen molar-refractivity contribution in [3.05, 3.63) is 54.2 Å². The smallest absolute Gasteiger partial charge is 0.258 e. The fourth-order valence-corrected chi connectivity index (χ4v) is 2.65. The maximum atomic E-state index is 12.2. The summed E-state index contributed by atoms with van der Waals surface area (Å²) in [5, 5.41) is 10.3. The first-order chi connectivity index (χ1) is 11.4. The number of amides is 1. The molecule has 3 aromatic rings. The highest BCUT2D eigenvalue weighted by Crippen LogP contribution is 2.15. The number of sulfone groups is 1. The van der Waals surface area contributed by atoms with Gasteiger partial charge < -0.3 is 4.98 Å². The molecule has 0 radical (unpaired) electrons. The minimum Gasteiger partial charge on any atom is -0.306 e. The largest absolute Gasteiger partial charge is 0.306 e. The van der Waals surface area contributed by atoms with E-state index >= 15 is 0 Å². The lowest BCUT2D eigenvalue weighted by atomic mass is 10.2. The molecular weight excluding hydrogens is 330 g/mol. The van der Waals surface area contributed by atoms with E-state index in [1.807, 2.05) is 0 Å². The summed E-state index contributed by atoms with van der Waals surface area (Å²) in [6, 6.07) is 11.1. The third-order valence-corrected chi connectivity index (χ3v) is 4.26. The molecular formula is C15H13N5O3S. The van der Waals surface area contributed by atoms with Crippen LogP contribution in [0.3, 0.4) is 0 Å². The van der Waals surface area contributed by atoms with Crippen LogP contribution in [0.1, 0.15) is 10.4 Å². The van der Waals surface area contributed by atoms with E-state index in [2.05, 4.69) is 25.5 Å². The van der Waals surface area contributed by atoms with Crippen LogP contribution in [-0.2, 0) is 9.84 Å². The summed E-state index contributed by atoms with van der Waals surface area (Å²) >= 11 is 0. The molecule has 9 heteroatoms. The van der Waals surface area contributed by atoms with Gasteiger partial charge in [-0.25, -0.2) is 8.42 Å². The normalized spacial score (nSPS) is 11.2. The van der Waals surface area contributed by atoms with Crippen LogP contribution in [0.2, 0.25) is 0 Å². The number of rotatable bonds is 4. The number of aromatic nitrogens is 4. The molecule has 1 aromatic carbocycles. The van der Waals surface area contributed by atoms with E-state index in [-0.39, 0.29) is 16.4 Å². The molecule has 8 nitrogen and oxygen atoms in total. The predicted molar refractivity (Wildman–Crippen MR) is 87.1 cm³/mol. The van der Waals surface area contributed by atoms with Gasteiger partial charge in [-0.05, 0) is 30.3 Å². The minimum atomic E-state index is -3.39. The number of anilines is 1. The summed E-state index contributed by atoms with van der Waals surface area (Å²) in [6.07, 6.45) is 2.70. The van der Waals surface area contributed by atoms with Crippen molar-refractivity contribution in [2.24, 2.45) is 0 Å². The molecule has 2 N–H and O–H groups in total. The minimum absolute atomic E-state index is 0.0712. The highest BCUT2D eigenvalue weighted by molar-refractivity contribution is 7.90. The van der Waals surface area contributed by atoms with Gasteiger partial charge >= 0.3 is 0 Å². The van der Waals surface area contributed by atoms with Gasteiger partial charge in [0.05, 0.1) is 4.90 Å². The average molecular weight is 343 g/mol. The first-order valence-electron chi connectivity index (χ1n) is 6.89. The molecule has 24 heavy (non-hydrogen) atoms. The van der Waals surface area contributed by atoms with Crippen molar-refractivity contribution in [3.63, 3.8) is 0 Å². The van der Waals surface area contributed by atoms with Gasteiger partial charge in [0.2, 0.25) is 5.95 Å². The van der Waals surface area contributed by atoms with Crippen molar-refractivity contribution in [2.45, 2.75) is 4.90 Å². The molecule has 3 rings (SSSR count). The molecule has 0 unspecified atom stereocenters. The predicted octanol–water partition coefficient (Wildman–Crippen LogP) is 1.52. The second kappa shape index (κ2) is 6.20. The van der Waals surface area contributed by atoms with Crippen LogP contribution >= 0.6 is 0 Å². The molecule has 0 aliphatic heterocycles. The molecule has 0 saturated carbocycles. The summed E-state index contributed by atoms with van der Waals surface area (Å²) in [5.41, 5.74) is 0.790. The SMILES string of the molecule is CS(=O)(=O)c1cccc(C(=O)Nc2nnc(-c3ccccn3)[nH]2)c1. The Morgan fingerprint density at radius 2 is 1.96 bits per heavy atom. The Balaban J connectivity index is 1.80. The van der Waals surface area contributed by atoms with Crippen molar-refractivity contribution in [2.75, 3.05) is 11.6 Å². The molecule has 0 aliphatic carbocycles. The monoisotopic (exact) mass is 343 g/mol. The number of hydrogen-bond donors (Lipinski definition) is 2. The van der Waals surface area contributed by atoms with E-state index in [4.69, 9.17) is 0 Å². The van der Waals surface area contributed by atoms with Crippen molar-refractivity contribution in [3.8, 4) is 11.5 Å². The van der Waals surface area contributed by atoms with Gasteiger partial charge in [-0.2, -0.15) is 0 Å². The van der Waals surface area contributed by atoms with Gasteiger partial charge in [0.1, 0.15) is 5.69 Å². The Morgan fingerprint density at radius 3 is 2.67 bits per heavy atom. The first kappa shape index (κ1) is 15.8. The number of hydrogen-bond acceptors (Lipinski definition) is 6. The Morgan fingerprint density at radius 1 is 1.12 bits per heavy atom. The van der Waals surface area contributed by atoms with Gasteiger partial charge in [0, 0.05) is 18.0 Å². The molecule has 0 fully saturated rings. The van der Waals surface area contributed by atoms with E-state index in [0.717, 1.165) is 6.26 Å². The molecule has 0 atom stereocenters. The van der Waals surface area contributed by atoms with E-state index in [9.17, 15) is 13.2 Å². The fourth-order valence-electron chi connectivity index (χ4n) is 1.98. The summed E-state index contributed by atoms with van der Waals surface area (Å²) < 4.78 is 23.1. The second-order valence-corrected chi connectivity index (χ2v) is 7.01. The average Bonchev–Trinajstić information content (AvgIpc) is 3.03. The van der Waals surface area contributed by atoms with Gasteiger partial charge in [-0.1, -0.05) is 12.1 Å². The summed E-state index contributed by atoms with van der Waals surface area (Å²) in [5.74, 6) is 0.0606. The van der Waals surface area contributed by atoms with E-state index in [1.54, 1.807) is 24.4 Å². The molecule has 0 aliphatic rings. The zero-order valence-electron chi connectivity index (χ0n) is 12.6.